The average Bonchev–Trinajstić information content (AvgIpc) is 2.34. The Bertz CT molecular complexity index is 286. The molecule has 0 spiro atoms. The van der Waals surface area contributed by atoms with Crippen LogP contribution in [0.1, 0.15) is 59.9 Å². The van der Waals surface area contributed by atoms with E-state index in [4.69, 9.17) is 4.74 Å². The maximum absolute atomic E-state index is 10.6. The zero-order valence-corrected chi connectivity index (χ0v) is 12.2. The van der Waals surface area contributed by atoms with Crippen LogP contribution in [0.15, 0.2) is 24.3 Å². The van der Waals surface area contributed by atoms with Crippen LogP contribution in [0.5, 0.6) is 5.75 Å². The third kappa shape index (κ3) is 8.49. The molecule has 0 bridgehead atoms. The summed E-state index contributed by atoms with van der Waals surface area (Å²) in [5.74, 6) is 0.834. The van der Waals surface area contributed by atoms with Gasteiger partial charge in [0, 0.05) is 6.92 Å². The van der Waals surface area contributed by atoms with Crippen molar-refractivity contribution in [1.82, 2.24) is 0 Å². The van der Waals surface area contributed by atoms with Crippen molar-refractivity contribution < 1.29 is 9.53 Å². The van der Waals surface area contributed by atoms with Gasteiger partial charge >= 0.3 is 5.97 Å². The predicted octanol–water partition coefficient (Wildman–Crippen LogP) is 4.79. The third-order valence-corrected chi connectivity index (χ3v) is 1.81. The zero-order valence-electron chi connectivity index (χ0n) is 12.2. The molecule has 2 heteroatoms. The second-order valence-electron chi connectivity index (χ2n) is 3.32. The van der Waals surface area contributed by atoms with Gasteiger partial charge in [-0.25, -0.2) is 0 Å². The van der Waals surface area contributed by atoms with Gasteiger partial charge in [-0.15, -0.1) is 0 Å². The van der Waals surface area contributed by atoms with Crippen molar-refractivity contribution in [3.8, 4) is 5.75 Å². The van der Waals surface area contributed by atoms with Crippen LogP contribution in [0, 0.1) is 0 Å². The van der Waals surface area contributed by atoms with Gasteiger partial charge in [-0.05, 0) is 23.6 Å². The Morgan fingerprint density at radius 2 is 1.41 bits per heavy atom. The number of hydrogen-bond acceptors (Lipinski definition) is 2. The minimum atomic E-state index is -0.280. The largest absolute Gasteiger partial charge is 0.427 e. The van der Waals surface area contributed by atoms with Gasteiger partial charge in [-0.3, -0.25) is 4.79 Å². The summed E-state index contributed by atoms with van der Waals surface area (Å²) < 4.78 is 4.91. The van der Waals surface area contributed by atoms with E-state index >= 15 is 0 Å². The van der Waals surface area contributed by atoms with Crippen molar-refractivity contribution in [1.29, 1.82) is 0 Å². The van der Waals surface area contributed by atoms with Gasteiger partial charge in [-0.2, -0.15) is 0 Å². The maximum atomic E-state index is 10.6. The van der Waals surface area contributed by atoms with Crippen LogP contribution in [-0.4, -0.2) is 5.97 Å². The number of hydrogen-bond donors (Lipinski definition) is 0. The number of benzene rings is 1. The Kier molecular flexibility index (Phi) is 11.9. The normalized spacial score (nSPS) is 8.47. The lowest BCUT2D eigenvalue weighted by Gasteiger charge is -2.06. The molecule has 0 aromatic heterocycles. The molecule has 1 aromatic rings. The third-order valence-electron chi connectivity index (χ3n) is 1.81. The summed E-state index contributed by atoms with van der Waals surface area (Å²) in [6, 6.07) is 7.58. The van der Waals surface area contributed by atoms with Crippen molar-refractivity contribution >= 4 is 5.97 Å². The number of ether oxygens (including phenoxy) is 1. The number of carbonyl (C=O) groups excluding carboxylic acids is 1. The summed E-state index contributed by atoms with van der Waals surface area (Å²) in [6.07, 6.45) is 0. The summed E-state index contributed by atoms with van der Waals surface area (Å²) in [7, 11) is 0. The maximum Gasteiger partial charge on any atom is 0.308 e. The lowest BCUT2D eigenvalue weighted by molar-refractivity contribution is -0.131. The zero-order chi connectivity index (χ0) is 13.8. The summed E-state index contributed by atoms with van der Waals surface area (Å²) in [4.78, 5) is 10.6. The highest BCUT2D eigenvalue weighted by molar-refractivity contribution is 5.69. The van der Waals surface area contributed by atoms with Gasteiger partial charge < -0.3 is 4.74 Å². The number of rotatable bonds is 2. The number of carbonyl (C=O) groups is 1. The molecule has 0 radical (unpaired) electrons. The first-order valence-corrected chi connectivity index (χ1v) is 6.38. The Morgan fingerprint density at radius 3 is 1.71 bits per heavy atom. The molecule has 1 aromatic carbocycles. The molecular formula is C15H26O2. The SMILES string of the molecule is CC.CC.CC(=O)Oc1ccc(C(C)C)cc1. The molecule has 0 aliphatic heterocycles. The fraction of sp³-hybridized carbons (Fsp3) is 0.533. The molecule has 0 saturated carbocycles. The average molecular weight is 238 g/mol. The van der Waals surface area contributed by atoms with Crippen molar-refractivity contribution in [3.63, 3.8) is 0 Å². The van der Waals surface area contributed by atoms with Crippen LogP contribution < -0.4 is 4.74 Å². The predicted molar refractivity (Wildman–Crippen MR) is 74.5 cm³/mol. The summed E-state index contributed by atoms with van der Waals surface area (Å²) in [6.45, 7) is 13.7. The number of esters is 1. The summed E-state index contributed by atoms with van der Waals surface area (Å²) in [5, 5.41) is 0. The second-order valence-corrected chi connectivity index (χ2v) is 3.32. The topological polar surface area (TPSA) is 26.3 Å². The quantitative estimate of drug-likeness (QED) is 0.547. The van der Waals surface area contributed by atoms with Crippen LogP contribution in [0.2, 0.25) is 0 Å². The first kappa shape index (κ1) is 18.1. The molecule has 0 heterocycles. The fourth-order valence-electron chi connectivity index (χ4n) is 1.09. The van der Waals surface area contributed by atoms with Crippen LogP contribution in [0.25, 0.3) is 0 Å². The van der Waals surface area contributed by atoms with Crippen molar-refractivity contribution in [2.75, 3.05) is 0 Å². The van der Waals surface area contributed by atoms with Crippen molar-refractivity contribution in [3.05, 3.63) is 29.8 Å². The molecule has 2 nitrogen and oxygen atoms in total. The molecule has 0 unspecified atom stereocenters. The molecule has 0 atom stereocenters. The van der Waals surface area contributed by atoms with E-state index in [0.717, 1.165) is 0 Å². The van der Waals surface area contributed by atoms with Crippen molar-refractivity contribution in [2.45, 2.75) is 54.4 Å². The first-order chi connectivity index (χ1) is 8.09. The van der Waals surface area contributed by atoms with Gasteiger partial charge in [0.25, 0.3) is 0 Å². The van der Waals surface area contributed by atoms with Gasteiger partial charge in [0.1, 0.15) is 5.75 Å². The van der Waals surface area contributed by atoms with Crippen LogP contribution in [0.3, 0.4) is 0 Å². The molecular weight excluding hydrogens is 212 g/mol. The van der Waals surface area contributed by atoms with E-state index < -0.39 is 0 Å². The van der Waals surface area contributed by atoms with Gasteiger partial charge in [-0.1, -0.05) is 53.7 Å². The van der Waals surface area contributed by atoms with Crippen LogP contribution >= 0.6 is 0 Å². The van der Waals surface area contributed by atoms with Crippen molar-refractivity contribution in [2.24, 2.45) is 0 Å². The standard InChI is InChI=1S/C11H14O2.2C2H6/c1-8(2)10-4-6-11(7-5-10)13-9(3)12;2*1-2/h4-8H,1-3H3;2*1-2H3. The Morgan fingerprint density at radius 1 is 1.00 bits per heavy atom. The Labute approximate surface area is 106 Å². The Hall–Kier alpha value is -1.31. The van der Waals surface area contributed by atoms with E-state index in [1.54, 1.807) is 0 Å². The van der Waals surface area contributed by atoms with E-state index in [9.17, 15) is 4.79 Å². The van der Waals surface area contributed by atoms with E-state index in [2.05, 4.69) is 13.8 Å². The molecule has 0 saturated heterocycles. The van der Waals surface area contributed by atoms with Gasteiger partial charge in [0.15, 0.2) is 0 Å². The lowest BCUT2D eigenvalue weighted by atomic mass is 10.0. The molecule has 17 heavy (non-hydrogen) atoms. The highest BCUT2D eigenvalue weighted by Crippen LogP contribution is 2.18. The summed E-state index contributed by atoms with van der Waals surface area (Å²) in [5.41, 5.74) is 1.25. The minimum absolute atomic E-state index is 0.280. The molecule has 98 valence electrons. The molecule has 0 aliphatic carbocycles. The molecule has 0 fully saturated rings. The van der Waals surface area contributed by atoms with Crippen LogP contribution in [-0.2, 0) is 4.79 Å². The highest BCUT2D eigenvalue weighted by Gasteiger charge is 2.00. The van der Waals surface area contributed by atoms with Gasteiger partial charge in [0.05, 0.1) is 0 Å². The molecule has 0 N–H and O–H groups in total. The molecule has 0 aliphatic rings. The minimum Gasteiger partial charge on any atom is -0.427 e. The highest BCUT2D eigenvalue weighted by atomic mass is 16.5. The Balaban J connectivity index is 0. The van der Waals surface area contributed by atoms with E-state index in [1.165, 1.54) is 12.5 Å². The van der Waals surface area contributed by atoms with Crippen LogP contribution in [0.4, 0.5) is 0 Å². The monoisotopic (exact) mass is 238 g/mol. The van der Waals surface area contributed by atoms with Gasteiger partial charge in [0.2, 0.25) is 0 Å². The summed E-state index contributed by atoms with van der Waals surface area (Å²) >= 11 is 0. The smallest absolute Gasteiger partial charge is 0.308 e. The van der Waals surface area contributed by atoms with E-state index in [0.29, 0.717) is 11.7 Å². The molecule has 1 rings (SSSR count). The second kappa shape index (κ2) is 11.2. The fourth-order valence-corrected chi connectivity index (χ4v) is 1.09. The first-order valence-electron chi connectivity index (χ1n) is 6.38. The molecule has 0 amide bonds. The lowest BCUT2D eigenvalue weighted by Crippen LogP contribution is -2.01. The van der Waals surface area contributed by atoms with E-state index in [1.807, 2.05) is 52.0 Å². The van der Waals surface area contributed by atoms with E-state index in [-0.39, 0.29) is 5.97 Å².